The van der Waals surface area contributed by atoms with E-state index < -0.39 is 12.9 Å². The van der Waals surface area contributed by atoms with Gasteiger partial charge in [0.2, 0.25) is 0 Å². The number of hydrogen-bond donors (Lipinski definition) is 1. The van der Waals surface area contributed by atoms with Crippen molar-refractivity contribution in [3.8, 4) is 0 Å². The van der Waals surface area contributed by atoms with E-state index in [0.29, 0.717) is 11.2 Å². The van der Waals surface area contributed by atoms with E-state index in [1.165, 1.54) is 0 Å². The molecular formula is C14H17BN2O4. The standard InChI is InChI=1S/C14H17BN2O4/c1-13(2)14(3,4)21-15(20-13)6-5-9-7-10-11(16-8-9)17-12(18)19-10/h5-8H,1-4H3,(H,16,17,18). The molecule has 0 amide bonds. The number of H-pyrrole nitrogens is 1. The van der Waals surface area contributed by atoms with Crippen molar-refractivity contribution < 1.29 is 13.7 Å². The van der Waals surface area contributed by atoms with Gasteiger partial charge in [-0.2, -0.15) is 0 Å². The van der Waals surface area contributed by atoms with Gasteiger partial charge >= 0.3 is 12.9 Å². The molecule has 7 heteroatoms. The lowest BCUT2D eigenvalue weighted by molar-refractivity contribution is 0.00578. The van der Waals surface area contributed by atoms with Gasteiger partial charge in [-0.1, -0.05) is 12.1 Å². The first-order valence-electron chi connectivity index (χ1n) is 6.80. The molecule has 1 aliphatic heterocycles. The zero-order valence-electron chi connectivity index (χ0n) is 12.5. The van der Waals surface area contributed by atoms with Crippen LogP contribution in [0.25, 0.3) is 17.3 Å². The number of rotatable bonds is 2. The number of nitrogens with one attached hydrogen (secondary N) is 1. The normalized spacial score (nSPS) is 20.7. The van der Waals surface area contributed by atoms with Crippen molar-refractivity contribution in [3.63, 3.8) is 0 Å². The van der Waals surface area contributed by atoms with Gasteiger partial charge in [-0.3, -0.25) is 4.98 Å². The molecule has 3 heterocycles. The smallest absolute Gasteiger partial charge is 0.406 e. The van der Waals surface area contributed by atoms with Crippen molar-refractivity contribution in [2.24, 2.45) is 0 Å². The monoisotopic (exact) mass is 288 g/mol. The van der Waals surface area contributed by atoms with Crippen LogP contribution in [-0.4, -0.2) is 28.3 Å². The Bertz CT molecular complexity index is 744. The van der Waals surface area contributed by atoms with Crippen molar-refractivity contribution in [1.82, 2.24) is 9.97 Å². The summed E-state index contributed by atoms with van der Waals surface area (Å²) in [6.07, 6.45) is 3.48. The van der Waals surface area contributed by atoms with Crippen LogP contribution >= 0.6 is 0 Å². The van der Waals surface area contributed by atoms with E-state index in [9.17, 15) is 4.79 Å². The van der Waals surface area contributed by atoms with Crippen LogP contribution in [-0.2, 0) is 9.31 Å². The van der Waals surface area contributed by atoms with E-state index in [-0.39, 0.29) is 11.2 Å². The molecule has 0 unspecified atom stereocenters. The summed E-state index contributed by atoms with van der Waals surface area (Å²) in [4.78, 5) is 17.7. The summed E-state index contributed by atoms with van der Waals surface area (Å²) in [5.41, 5.74) is 0.943. The summed E-state index contributed by atoms with van der Waals surface area (Å²) in [6, 6.07) is 1.74. The highest BCUT2D eigenvalue weighted by Crippen LogP contribution is 2.37. The van der Waals surface area contributed by atoms with Gasteiger partial charge in [-0.25, -0.2) is 9.78 Å². The Balaban J connectivity index is 1.81. The predicted octanol–water partition coefficient (Wildman–Crippen LogP) is 2.16. The SMILES string of the molecule is CC1(C)OB(C=Cc2cnc3[nH]c(=O)oc3c2)OC1(C)C. The lowest BCUT2D eigenvalue weighted by Crippen LogP contribution is -2.41. The van der Waals surface area contributed by atoms with Gasteiger partial charge in [0, 0.05) is 6.20 Å². The Hall–Kier alpha value is -1.86. The minimum absolute atomic E-state index is 0.363. The van der Waals surface area contributed by atoms with Gasteiger partial charge in [0.25, 0.3) is 0 Å². The predicted molar refractivity (Wildman–Crippen MR) is 79.7 cm³/mol. The highest BCUT2D eigenvalue weighted by Gasteiger charge is 2.49. The van der Waals surface area contributed by atoms with Gasteiger partial charge in [-0.15, -0.1) is 0 Å². The number of oxazole rings is 1. The molecule has 2 aromatic heterocycles. The Labute approximate surface area is 122 Å². The van der Waals surface area contributed by atoms with Crippen LogP contribution in [0, 0.1) is 0 Å². The number of aromatic nitrogens is 2. The van der Waals surface area contributed by atoms with Crippen LogP contribution in [0.1, 0.15) is 33.3 Å². The lowest BCUT2D eigenvalue weighted by Gasteiger charge is -2.32. The maximum Gasteiger partial charge on any atom is 0.487 e. The molecule has 0 radical (unpaired) electrons. The molecule has 0 saturated carbocycles. The summed E-state index contributed by atoms with van der Waals surface area (Å²) in [7, 11) is -0.413. The third-order valence-corrected chi connectivity index (χ3v) is 4.01. The van der Waals surface area contributed by atoms with Gasteiger partial charge in [-0.05, 0) is 39.3 Å². The second-order valence-electron chi connectivity index (χ2n) is 6.11. The topological polar surface area (TPSA) is 77.4 Å². The number of nitrogens with zero attached hydrogens (tertiary/aromatic N) is 1. The third-order valence-electron chi connectivity index (χ3n) is 4.01. The van der Waals surface area contributed by atoms with Crippen molar-refractivity contribution in [2.75, 3.05) is 0 Å². The first-order valence-corrected chi connectivity index (χ1v) is 6.80. The number of aromatic amines is 1. The first kappa shape index (κ1) is 14.1. The molecular weight excluding hydrogens is 271 g/mol. The zero-order chi connectivity index (χ0) is 15.3. The van der Waals surface area contributed by atoms with Gasteiger partial charge in [0.1, 0.15) is 0 Å². The van der Waals surface area contributed by atoms with E-state index >= 15 is 0 Å². The Kier molecular flexibility index (Phi) is 3.07. The Morgan fingerprint density at radius 2 is 1.90 bits per heavy atom. The summed E-state index contributed by atoms with van der Waals surface area (Å²) in [5, 5.41) is 0. The van der Waals surface area contributed by atoms with Crippen LogP contribution in [0.15, 0.2) is 27.5 Å². The van der Waals surface area contributed by atoms with E-state index in [2.05, 4.69) is 9.97 Å². The summed E-state index contributed by atoms with van der Waals surface area (Å²) in [6.45, 7) is 8.01. The fraction of sp³-hybridized carbons (Fsp3) is 0.429. The second-order valence-corrected chi connectivity index (χ2v) is 6.11. The fourth-order valence-electron chi connectivity index (χ4n) is 2.10. The number of pyridine rings is 1. The Morgan fingerprint density at radius 3 is 2.57 bits per heavy atom. The summed E-state index contributed by atoms with van der Waals surface area (Å²) >= 11 is 0. The summed E-state index contributed by atoms with van der Waals surface area (Å²) < 4.78 is 16.7. The number of fused-ring (bicyclic) bond motifs is 1. The van der Waals surface area contributed by atoms with Crippen LogP contribution in [0.5, 0.6) is 0 Å². The number of hydrogen-bond acceptors (Lipinski definition) is 5. The largest absolute Gasteiger partial charge is 0.487 e. The molecule has 1 aliphatic rings. The van der Waals surface area contributed by atoms with Gasteiger partial charge in [0.15, 0.2) is 11.2 Å². The Morgan fingerprint density at radius 1 is 1.24 bits per heavy atom. The second kappa shape index (κ2) is 4.57. The molecule has 1 saturated heterocycles. The minimum Gasteiger partial charge on any atom is -0.406 e. The minimum atomic E-state index is -0.510. The molecule has 0 aliphatic carbocycles. The average Bonchev–Trinajstić information content (AvgIpc) is 2.82. The fourth-order valence-corrected chi connectivity index (χ4v) is 2.10. The highest BCUT2D eigenvalue weighted by molar-refractivity contribution is 6.52. The van der Waals surface area contributed by atoms with Crippen molar-refractivity contribution in [1.29, 1.82) is 0 Å². The van der Waals surface area contributed by atoms with E-state index in [0.717, 1.165) is 5.56 Å². The summed E-state index contributed by atoms with van der Waals surface area (Å²) in [5.74, 6) is 1.31. The molecule has 110 valence electrons. The maximum atomic E-state index is 11.1. The average molecular weight is 288 g/mol. The van der Waals surface area contributed by atoms with Crippen molar-refractivity contribution in [3.05, 3.63) is 34.4 Å². The van der Waals surface area contributed by atoms with Gasteiger partial charge < -0.3 is 13.7 Å². The molecule has 3 rings (SSSR count). The maximum absolute atomic E-state index is 11.1. The lowest BCUT2D eigenvalue weighted by atomic mass is 9.89. The van der Waals surface area contributed by atoms with E-state index in [1.807, 2.05) is 39.7 Å². The first-order chi connectivity index (χ1) is 9.77. The zero-order valence-corrected chi connectivity index (χ0v) is 12.5. The molecule has 0 spiro atoms. The van der Waals surface area contributed by atoms with E-state index in [1.54, 1.807) is 12.3 Å². The van der Waals surface area contributed by atoms with Crippen LogP contribution in [0.3, 0.4) is 0 Å². The highest BCUT2D eigenvalue weighted by atomic mass is 16.7. The molecule has 6 nitrogen and oxygen atoms in total. The quantitative estimate of drug-likeness (QED) is 0.857. The van der Waals surface area contributed by atoms with Crippen molar-refractivity contribution in [2.45, 2.75) is 38.9 Å². The molecule has 0 bridgehead atoms. The molecule has 1 N–H and O–H groups in total. The molecule has 21 heavy (non-hydrogen) atoms. The van der Waals surface area contributed by atoms with Crippen molar-refractivity contribution >= 4 is 24.4 Å². The molecule has 0 aromatic carbocycles. The molecule has 1 fully saturated rings. The van der Waals surface area contributed by atoms with Crippen LogP contribution in [0.2, 0.25) is 0 Å². The molecule has 2 aromatic rings. The van der Waals surface area contributed by atoms with Crippen LogP contribution < -0.4 is 5.76 Å². The third kappa shape index (κ3) is 2.54. The van der Waals surface area contributed by atoms with E-state index in [4.69, 9.17) is 13.7 Å². The van der Waals surface area contributed by atoms with Crippen LogP contribution in [0.4, 0.5) is 0 Å². The molecule has 0 atom stereocenters. The van der Waals surface area contributed by atoms with Gasteiger partial charge in [0.05, 0.1) is 11.2 Å².